The molecule has 188 valence electrons. The topological polar surface area (TPSA) is 96.4 Å². The predicted molar refractivity (Wildman–Crippen MR) is 145 cm³/mol. The van der Waals surface area contributed by atoms with E-state index in [-0.39, 0.29) is 12.2 Å². The molecule has 4 aromatic rings. The monoisotopic (exact) mass is 495 g/mol. The molecule has 0 bridgehead atoms. The zero-order valence-corrected chi connectivity index (χ0v) is 21.4. The van der Waals surface area contributed by atoms with E-state index in [1.807, 2.05) is 49.4 Å². The number of fused-ring (bicyclic) bond motifs is 2. The number of para-hydroxylation sites is 1. The van der Waals surface area contributed by atoms with Gasteiger partial charge in [0.05, 0.1) is 28.8 Å². The highest BCUT2D eigenvalue weighted by molar-refractivity contribution is 6.03. The Kier molecular flexibility index (Phi) is 6.39. The van der Waals surface area contributed by atoms with Crippen LogP contribution in [0.1, 0.15) is 40.9 Å². The van der Waals surface area contributed by atoms with Crippen LogP contribution < -0.4 is 16.0 Å². The van der Waals surface area contributed by atoms with Crippen LogP contribution >= 0.6 is 0 Å². The van der Waals surface area contributed by atoms with Gasteiger partial charge in [0, 0.05) is 7.11 Å². The van der Waals surface area contributed by atoms with E-state index < -0.39 is 5.91 Å². The number of hydrogen-bond acceptors (Lipinski definition) is 5. The van der Waals surface area contributed by atoms with Gasteiger partial charge in [-0.1, -0.05) is 29.8 Å². The lowest BCUT2D eigenvalue weighted by Gasteiger charge is -2.20. The van der Waals surface area contributed by atoms with Crippen molar-refractivity contribution < 1.29 is 14.3 Å². The Balaban J connectivity index is 1.75. The SMILES string of the molecule is COCCOc1cc(-c2cccc(-n3cnc4ccccc4c3=O)c2C)c2c(c1C(N)=O)CC(C)=C2C. The van der Waals surface area contributed by atoms with E-state index in [1.165, 1.54) is 5.57 Å². The van der Waals surface area contributed by atoms with E-state index >= 15 is 0 Å². The van der Waals surface area contributed by atoms with E-state index in [0.29, 0.717) is 35.2 Å². The van der Waals surface area contributed by atoms with Crippen molar-refractivity contribution in [1.82, 2.24) is 9.55 Å². The number of primary amides is 1. The Morgan fingerprint density at radius 2 is 1.84 bits per heavy atom. The van der Waals surface area contributed by atoms with Crippen LogP contribution in [0.4, 0.5) is 0 Å². The van der Waals surface area contributed by atoms with Crippen molar-refractivity contribution in [2.45, 2.75) is 27.2 Å². The molecule has 0 aliphatic heterocycles. The van der Waals surface area contributed by atoms with E-state index in [2.05, 4.69) is 18.8 Å². The number of aromatic nitrogens is 2. The highest BCUT2D eigenvalue weighted by atomic mass is 16.5. The molecule has 1 amide bonds. The summed E-state index contributed by atoms with van der Waals surface area (Å²) in [6.45, 7) is 6.80. The Bertz CT molecular complexity index is 1650. The summed E-state index contributed by atoms with van der Waals surface area (Å²) in [7, 11) is 1.60. The highest BCUT2D eigenvalue weighted by Crippen LogP contribution is 2.45. The van der Waals surface area contributed by atoms with Crippen LogP contribution in [0.2, 0.25) is 0 Å². The number of nitrogens with two attached hydrogens (primary N) is 1. The molecule has 0 saturated carbocycles. The number of benzene rings is 3. The standard InChI is InChI=1S/C30H29N3O4/c1-17-14-23-27(18(17)2)22(15-26(28(23)29(31)34)37-13-12-36-4)20-9-7-11-25(19(20)3)33-16-32-24-10-6-5-8-21(24)30(33)35/h5-11,15-16H,12-14H2,1-4H3,(H2,31,34). The van der Waals surface area contributed by atoms with Gasteiger partial charge in [-0.05, 0) is 84.8 Å². The summed E-state index contributed by atoms with van der Waals surface area (Å²) < 4.78 is 12.7. The van der Waals surface area contributed by atoms with E-state index in [0.717, 1.165) is 39.1 Å². The first kappa shape index (κ1) is 24.5. The number of nitrogens with zero attached hydrogens (tertiary/aromatic N) is 2. The molecule has 1 aromatic heterocycles. The van der Waals surface area contributed by atoms with Gasteiger partial charge in [0.25, 0.3) is 11.5 Å². The van der Waals surface area contributed by atoms with Crippen LogP contribution in [0.5, 0.6) is 5.75 Å². The van der Waals surface area contributed by atoms with E-state index in [1.54, 1.807) is 24.1 Å². The van der Waals surface area contributed by atoms with Crippen LogP contribution in [0.3, 0.4) is 0 Å². The lowest BCUT2D eigenvalue weighted by atomic mass is 9.88. The second-order valence-electron chi connectivity index (χ2n) is 9.33. The first-order valence-corrected chi connectivity index (χ1v) is 12.2. The minimum Gasteiger partial charge on any atom is -0.490 e. The molecule has 0 spiro atoms. The van der Waals surface area contributed by atoms with Crippen LogP contribution in [-0.4, -0.2) is 35.8 Å². The van der Waals surface area contributed by atoms with Gasteiger partial charge in [0.2, 0.25) is 0 Å². The molecule has 0 saturated heterocycles. The zero-order valence-electron chi connectivity index (χ0n) is 21.4. The van der Waals surface area contributed by atoms with Crippen molar-refractivity contribution in [1.29, 1.82) is 0 Å². The van der Waals surface area contributed by atoms with Crippen molar-refractivity contribution in [3.63, 3.8) is 0 Å². The molecule has 5 rings (SSSR count). The molecular formula is C30H29N3O4. The Morgan fingerprint density at radius 3 is 2.59 bits per heavy atom. The molecule has 0 unspecified atom stereocenters. The third-order valence-electron chi connectivity index (χ3n) is 7.16. The summed E-state index contributed by atoms with van der Waals surface area (Å²) in [5, 5.41) is 0.560. The van der Waals surface area contributed by atoms with E-state index in [9.17, 15) is 9.59 Å². The highest BCUT2D eigenvalue weighted by Gasteiger charge is 2.29. The lowest BCUT2D eigenvalue weighted by molar-refractivity contribution is 0.0991. The summed E-state index contributed by atoms with van der Waals surface area (Å²) in [6.07, 6.45) is 2.20. The number of carbonyl (C=O) groups is 1. The van der Waals surface area contributed by atoms with Crippen molar-refractivity contribution >= 4 is 22.4 Å². The molecule has 37 heavy (non-hydrogen) atoms. The Morgan fingerprint density at radius 1 is 1.05 bits per heavy atom. The van der Waals surface area contributed by atoms with Gasteiger partial charge in [-0.15, -0.1) is 0 Å². The van der Waals surface area contributed by atoms with Crippen molar-refractivity contribution in [3.05, 3.63) is 93.0 Å². The van der Waals surface area contributed by atoms with Gasteiger partial charge in [-0.2, -0.15) is 0 Å². The van der Waals surface area contributed by atoms with Gasteiger partial charge in [0.1, 0.15) is 18.7 Å². The quantitative estimate of drug-likeness (QED) is 0.370. The number of allylic oxidation sites excluding steroid dienone is 2. The largest absolute Gasteiger partial charge is 0.490 e. The normalized spacial score (nSPS) is 12.8. The van der Waals surface area contributed by atoms with Crippen LogP contribution in [0.15, 0.2) is 65.2 Å². The molecule has 3 aromatic carbocycles. The molecule has 2 N–H and O–H groups in total. The minimum atomic E-state index is -0.517. The molecule has 0 radical (unpaired) electrons. The van der Waals surface area contributed by atoms with Gasteiger partial charge >= 0.3 is 0 Å². The van der Waals surface area contributed by atoms with Crippen LogP contribution in [-0.2, 0) is 11.2 Å². The molecule has 7 heteroatoms. The smallest absolute Gasteiger partial charge is 0.265 e. The van der Waals surface area contributed by atoms with Gasteiger partial charge < -0.3 is 15.2 Å². The molecular weight excluding hydrogens is 466 g/mol. The number of amides is 1. The molecule has 0 atom stereocenters. The first-order valence-electron chi connectivity index (χ1n) is 12.2. The summed E-state index contributed by atoms with van der Waals surface area (Å²) >= 11 is 0. The molecule has 1 heterocycles. The predicted octanol–water partition coefficient (Wildman–Crippen LogP) is 4.83. The van der Waals surface area contributed by atoms with Crippen LogP contribution in [0, 0.1) is 6.92 Å². The summed E-state index contributed by atoms with van der Waals surface area (Å²) in [6, 6.07) is 15.1. The third kappa shape index (κ3) is 4.11. The van der Waals surface area contributed by atoms with Crippen molar-refractivity contribution in [2.75, 3.05) is 20.3 Å². The fourth-order valence-corrected chi connectivity index (χ4v) is 5.18. The van der Waals surface area contributed by atoms with Gasteiger partial charge in [-0.25, -0.2) is 4.98 Å². The summed E-state index contributed by atoms with van der Waals surface area (Å²) in [4.78, 5) is 30.4. The minimum absolute atomic E-state index is 0.129. The molecule has 0 fully saturated rings. The van der Waals surface area contributed by atoms with E-state index in [4.69, 9.17) is 15.2 Å². The first-order chi connectivity index (χ1) is 17.8. The number of rotatable bonds is 7. The van der Waals surface area contributed by atoms with Crippen molar-refractivity contribution in [2.24, 2.45) is 5.73 Å². The lowest BCUT2D eigenvalue weighted by Crippen LogP contribution is -2.20. The fourth-order valence-electron chi connectivity index (χ4n) is 5.18. The van der Waals surface area contributed by atoms with Crippen LogP contribution in [0.25, 0.3) is 33.3 Å². The fraction of sp³-hybridized carbons (Fsp3) is 0.233. The maximum absolute atomic E-state index is 13.4. The number of hydrogen-bond donors (Lipinski definition) is 1. The second-order valence-corrected chi connectivity index (χ2v) is 9.33. The maximum atomic E-state index is 13.4. The Hall–Kier alpha value is -4.23. The molecule has 1 aliphatic rings. The van der Waals surface area contributed by atoms with Gasteiger partial charge in [0.15, 0.2) is 0 Å². The summed E-state index contributed by atoms with van der Waals surface area (Å²) in [5.74, 6) is -0.0767. The maximum Gasteiger partial charge on any atom is 0.265 e. The van der Waals surface area contributed by atoms with Crippen molar-refractivity contribution in [3.8, 4) is 22.6 Å². The number of carbonyl (C=O) groups excluding carboxylic acids is 1. The average molecular weight is 496 g/mol. The second kappa shape index (κ2) is 9.67. The molecule has 1 aliphatic carbocycles. The Labute approximate surface area is 215 Å². The average Bonchev–Trinajstić information content (AvgIpc) is 3.18. The molecule has 7 nitrogen and oxygen atoms in total. The van der Waals surface area contributed by atoms with Gasteiger partial charge in [-0.3, -0.25) is 14.2 Å². The third-order valence-corrected chi connectivity index (χ3v) is 7.16. The summed E-state index contributed by atoms with van der Waals surface area (Å²) in [5.41, 5.74) is 14.5. The zero-order chi connectivity index (χ0) is 26.3. The number of methoxy groups -OCH3 is 1. The number of ether oxygens (including phenoxy) is 2.